The van der Waals surface area contributed by atoms with Gasteiger partial charge in [-0.1, -0.05) is 0 Å². The first-order valence-corrected chi connectivity index (χ1v) is 9.26. The Morgan fingerprint density at radius 3 is 2.74 bits per heavy atom. The van der Waals surface area contributed by atoms with E-state index in [1.54, 1.807) is 17.8 Å². The highest BCUT2D eigenvalue weighted by Gasteiger charge is 2.32. The smallest absolute Gasteiger partial charge is 0.343 e. The van der Waals surface area contributed by atoms with Gasteiger partial charge in [0.1, 0.15) is 6.54 Å². The Kier molecular flexibility index (Phi) is 4.57. The molecule has 0 bridgehead atoms. The van der Waals surface area contributed by atoms with Crippen molar-refractivity contribution in [1.29, 1.82) is 0 Å². The van der Waals surface area contributed by atoms with Gasteiger partial charge in [-0.3, -0.25) is 9.48 Å². The molecule has 3 heterocycles. The van der Waals surface area contributed by atoms with E-state index < -0.39 is 18.6 Å². The Bertz CT molecular complexity index is 866. The summed E-state index contributed by atoms with van der Waals surface area (Å²) in [6.07, 6.45) is -0.566. The van der Waals surface area contributed by atoms with Crippen molar-refractivity contribution in [3.8, 4) is 0 Å². The maximum absolute atomic E-state index is 12.7. The minimum atomic E-state index is -4.45. The van der Waals surface area contributed by atoms with Crippen LogP contribution in [0.15, 0.2) is 6.07 Å². The maximum Gasteiger partial charge on any atom is 0.405 e. The summed E-state index contributed by atoms with van der Waals surface area (Å²) in [7, 11) is 1.77. The lowest BCUT2D eigenvalue weighted by atomic mass is 9.92. The summed E-state index contributed by atoms with van der Waals surface area (Å²) in [5.41, 5.74) is 2.32. The SMILES string of the molecule is Cn1nc(C2CCCNC2)c2c(C(=O)NCC(F)(F)F)cc(C3CC3)nc21. The van der Waals surface area contributed by atoms with E-state index in [0.29, 0.717) is 11.0 Å². The van der Waals surface area contributed by atoms with Crippen molar-refractivity contribution in [2.45, 2.75) is 43.7 Å². The minimum absolute atomic E-state index is 0.116. The lowest BCUT2D eigenvalue weighted by molar-refractivity contribution is -0.123. The van der Waals surface area contributed by atoms with Gasteiger partial charge in [-0.25, -0.2) is 4.98 Å². The highest BCUT2D eigenvalue weighted by molar-refractivity contribution is 6.06. The Balaban J connectivity index is 1.79. The zero-order valence-corrected chi connectivity index (χ0v) is 15.1. The molecular weight excluding hydrogens is 359 g/mol. The van der Waals surface area contributed by atoms with Crippen molar-refractivity contribution in [3.05, 3.63) is 23.0 Å². The summed E-state index contributed by atoms with van der Waals surface area (Å²) in [6, 6.07) is 1.66. The molecule has 1 saturated heterocycles. The molecule has 0 spiro atoms. The number of nitrogens with zero attached hydrogens (tertiary/aromatic N) is 3. The molecule has 2 fully saturated rings. The van der Waals surface area contributed by atoms with E-state index in [9.17, 15) is 18.0 Å². The monoisotopic (exact) mass is 381 g/mol. The van der Waals surface area contributed by atoms with Crippen molar-refractivity contribution in [1.82, 2.24) is 25.4 Å². The third-order valence-corrected chi connectivity index (χ3v) is 5.21. The summed E-state index contributed by atoms with van der Waals surface area (Å²) < 4.78 is 39.4. The Hall–Kier alpha value is -2.16. The van der Waals surface area contributed by atoms with E-state index in [0.717, 1.165) is 50.2 Å². The number of carbonyl (C=O) groups is 1. The quantitative estimate of drug-likeness (QED) is 0.854. The standard InChI is InChI=1S/C18H22F3N5O/c1-26-16-14(15(25-26)11-3-2-6-22-8-11)12(7-13(24-16)10-4-5-10)17(27)23-9-18(19,20)21/h7,10-11,22H,2-6,8-9H2,1H3,(H,23,27). The number of alkyl halides is 3. The second-order valence-corrected chi connectivity index (χ2v) is 7.42. The molecule has 27 heavy (non-hydrogen) atoms. The van der Waals surface area contributed by atoms with Crippen LogP contribution in [0.4, 0.5) is 13.2 Å². The first-order valence-electron chi connectivity index (χ1n) is 9.26. The van der Waals surface area contributed by atoms with Gasteiger partial charge in [0.2, 0.25) is 0 Å². The van der Waals surface area contributed by atoms with Crippen molar-refractivity contribution >= 4 is 16.9 Å². The predicted octanol–water partition coefficient (Wildman–Crippen LogP) is 2.60. The van der Waals surface area contributed by atoms with Crippen molar-refractivity contribution in [2.24, 2.45) is 7.05 Å². The number of hydrogen-bond acceptors (Lipinski definition) is 4. The summed E-state index contributed by atoms with van der Waals surface area (Å²) in [4.78, 5) is 17.3. The van der Waals surface area contributed by atoms with E-state index in [2.05, 4.69) is 15.4 Å². The summed E-state index contributed by atoms with van der Waals surface area (Å²) in [5.74, 6) is -0.330. The fraction of sp³-hybridized carbons (Fsp3) is 0.611. The first kappa shape index (κ1) is 18.2. The third kappa shape index (κ3) is 3.78. The number of aromatic nitrogens is 3. The Morgan fingerprint density at radius 1 is 1.33 bits per heavy atom. The molecule has 146 valence electrons. The van der Waals surface area contributed by atoms with Gasteiger partial charge in [0.15, 0.2) is 5.65 Å². The highest BCUT2D eigenvalue weighted by atomic mass is 19.4. The lowest BCUT2D eigenvalue weighted by Crippen LogP contribution is -2.34. The summed E-state index contributed by atoms with van der Waals surface area (Å²) in [5, 5.41) is 10.5. The number of fused-ring (bicyclic) bond motifs is 1. The van der Waals surface area contributed by atoms with Crippen LogP contribution in [-0.2, 0) is 7.05 Å². The molecule has 1 aliphatic heterocycles. The van der Waals surface area contributed by atoms with E-state index in [4.69, 9.17) is 0 Å². The lowest BCUT2D eigenvalue weighted by Gasteiger charge is -2.21. The molecule has 2 aromatic rings. The van der Waals surface area contributed by atoms with Crippen molar-refractivity contribution in [2.75, 3.05) is 19.6 Å². The van der Waals surface area contributed by atoms with Gasteiger partial charge in [-0.2, -0.15) is 18.3 Å². The van der Waals surface area contributed by atoms with Gasteiger partial charge < -0.3 is 10.6 Å². The molecule has 0 aromatic carbocycles. The van der Waals surface area contributed by atoms with Gasteiger partial charge in [0, 0.05) is 31.1 Å². The van der Waals surface area contributed by atoms with E-state index >= 15 is 0 Å². The minimum Gasteiger partial charge on any atom is -0.343 e. The Labute approximate surface area is 154 Å². The van der Waals surface area contributed by atoms with Gasteiger partial charge in [-0.05, 0) is 38.3 Å². The summed E-state index contributed by atoms with van der Waals surface area (Å²) >= 11 is 0. The molecule has 4 rings (SSSR count). The fourth-order valence-electron chi connectivity index (χ4n) is 3.71. The number of pyridine rings is 1. The summed E-state index contributed by atoms with van der Waals surface area (Å²) in [6.45, 7) is 0.319. The van der Waals surface area contributed by atoms with E-state index in [1.807, 2.05) is 5.32 Å². The van der Waals surface area contributed by atoms with Gasteiger partial charge >= 0.3 is 6.18 Å². The van der Waals surface area contributed by atoms with Crippen LogP contribution < -0.4 is 10.6 Å². The molecule has 1 unspecified atom stereocenters. The van der Waals surface area contributed by atoms with Crippen LogP contribution in [0.3, 0.4) is 0 Å². The van der Waals surface area contributed by atoms with Crippen molar-refractivity contribution < 1.29 is 18.0 Å². The average molecular weight is 381 g/mol. The van der Waals surface area contributed by atoms with Crippen LogP contribution in [-0.4, -0.2) is 46.5 Å². The number of halogens is 3. The number of carbonyl (C=O) groups excluding carboxylic acids is 1. The van der Waals surface area contributed by atoms with E-state index in [1.165, 1.54) is 0 Å². The van der Waals surface area contributed by atoms with Crippen LogP contribution in [0.25, 0.3) is 11.0 Å². The number of aryl methyl sites for hydroxylation is 1. The molecular formula is C18H22F3N5O. The Morgan fingerprint density at radius 2 is 2.11 bits per heavy atom. The molecule has 2 N–H and O–H groups in total. The molecule has 1 saturated carbocycles. The van der Waals surface area contributed by atoms with Crippen LogP contribution in [0.5, 0.6) is 0 Å². The van der Waals surface area contributed by atoms with Crippen LogP contribution in [0.2, 0.25) is 0 Å². The second-order valence-electron chi connectivity index (χ2n) is 7.42. The topological polar surface area (TPSA) is 71.8 Å². The zero-order chi connectivity index (χ0) is 19.2. The van der Waals surface area contributed by atoms with Crippen molar-refractivity contribution in [3.63, 3.8) is 0 Å². The molecule has 1 amide bonds. The maximum atomic E-state index is 12.7. The second kappa shape index (κ2) is 6.78. The molecule has 1 aliphatic carbocycles. The third-order valence-electron chi connectivity index (χ3n) is 5.21. The van der Waals surface area contributed by atoms with Gasteiger partial charge in [0.05, 0.1) is 16.6 Å². The largest absolute Gasteiger partial charge is 0.405 e. The number of hydrogen-bond donors (Lipinski definition) is 2. The van der Waals surface area contributed by atoms with Crippen LogP contribution in [0.1, 0.15) is 59.3 Å². The van der Waals surface area contributed by atoms with Crippen LogP contribution >= 0.6 is 0 Å². The van der Waals surface area contributed by atoms with Gasteiger partial charge in [-0.15, -0.1) is 0 Å². The number of amides is 1. The molecule has 1 atom stereocenters. The predicted molar refractivity (Wildman–Crippen MR) is 93.7 cm³/mol. The first-order chi connectivity index (χ1) is 12.8. The average Bonchev–Trinajstić information content (AvgIpc) is 3.43. The fourth-order valence-corrected chi connectivity index (χ4v) is 3.71. The zero-order valence-electron chi connectivity index (χ0n) is 15.1. The molecule has 2 aliphatic rings. The highest BCUT2D eigenvalue weighted by Crippen LogP contribution is 2.41. The molecule has 0 radical (unpaired) electrons. The molecule has 9 heteroatoms. The normalized spacial score (nSPS) is 20.8. The van der Waals surface area contributed by atoms with E-state index in [-0.39, 0.29) is 17.4 Å². The molecule has 6 nitrogen and oxygen atoms in total. The number of piperidine rings is 1. The number of nitrogens with one attached hydrogen (secondary N) is 2. The van der Waals surface area contributed by atoms with Crippen LogP contribution in [0, 0.1) is 0 Å². The molecule has 2 aromatic heterocycles. The van der Waals surface area contributed by atoms with Gasteiger partial charge in [0.25, 0.3) is 5.91 Å². The number of rotatable bonds is 4.